The molecule has 1 saturated heterocycles. The molecule has 198 valence electrons. The zero-order valence-corrected chi connectivity index (χ0v) is 21.1. The number of amides is 1. The molecule has 7 rings (SSSR count). The molecule has 6 heterocycles. The molecule has 0 unspecified atom stereocenters. The van der Waals surface area contributed by atoms with Crippen molar-refractivity contribution >= 4 is 28.9 Å². The number of likely N-dealkylation sites (tertiary alicyclic amines) is 1. The predicted octanol–water partition coefficient (Wildman–Crippen LogP) is 3.86. The van der Waals surface area contributed by atoms with E-state index >= 15 is 0 Å². The van der Waals surface area contributed by atoms with E-state index in [4.69, 9.17) is 10.1 Å². The standard InChI is InChI=1S/C27H25F2N9O/c1-35-22(25(39)37-15-27(28,29)16-37)11-18-8-10-36(14-23(18)35)26-33-24(21-3-2-9-38(21)34-26)32-20-6-4-17(5-7-20)19-12-30-31-13-19/h2-7,9,11-13H,8,10,14-16H2,1H3,(H,30,31)(H,32,33,34). The molecule has 0 atom stereocenters. The molecule has 2 aliphatic rings. The van der Waals surface area contributed by atoms with Gasteiger partial charge in [0, 0.05) is 42.9 Å². The van der Waals surface area contributed by atoms with Gasteiger partial charge in [0.15, 0.2) is 5.82 Å². The van der Waals surface area contributed by atoms with Crippen LogP contribution in [0.2, 0.25) is 0 Å². The number of carbonyl (C=O) groups excluding carboxylic acids is 1. The number of hydrogen-bond donors (Lipinski definition) is 2. The van der Waals surface area contributed by atoms with Crippen molar-refractivity contribution in [3.8, 4) is 11.1 Å². The molecular weight excluding hydrogens is 504 g/mol. The van der Waals surface area contributed by atoms with E-state index in [1.54, 1.807) is 10.7 Å². The van der Waals surface area contributed by atoms with Gasteiger partial charge >= 0.3 is 0 Å². The van der Waals surface area contributed by atoms with Crippen LogP contribution >= 0.6 is 0 Å². The third-order valence-corrected chi connectivity index (χ3v) is 7.43. The number of fused-ring (bicyclic) bond motifs is 2. The number of nitrogens with one attached hydrogen (secondary N) is 2. The number of carbonyl (C=O) groups is 1. The summed E-state index contributed by atoms with van der Waals surface area (Å²) < 4.78 is 30.3. The van der Waals surface area contributed by atoms with Gasteiger partial charge in [-0.15, -0.1) is 5.10 Å². The summed E-state index contributed by atoms with van der Waals surface area (Å²) in [6, 6.07) is 13.7. The number of anilines is 3. The molecule has 12 heteroatoms. The van der Waals surface area contributed by atoms with Crippen molar-refractivity contribution in [3.05, 3.63) is 78.0 Å². The fourth-order valence-electron chi connectivity index (χ4n) is 5.28. The van der Waals surface area contributed by atoms with Crippen molar-refractivity contribution in [1.82, 2.24) is 34.3 Å². The van der Waals surface area contributed by atoms with E-state index < -0.39 is 19.0 Å². The van der Waals surface area contributed by atoms with Gasteiger partial charge in [0.25, 0.3) is 11.8 Å². The Kier molecular flexibility index (Phi) is 5.19. The Labute approximate surface area is 221 Å². The molecule has 0 saturated carbocycles. The highest BCUT2D eigenvalue weighted by atomic mass is 19.3. The van der Waals surface area contributed by atoms with E-state index in [-0.39, 0.29) is 5.91 Å². The van der Waals surface area contributed by atoms with Crippen molar-refractivity contribution in [2.75, 3.05) is 29.9 Å². The quantitative estimate of drug-likeness (QED) is 0.359. The number of halogens is 2. The fraction of sp³-hybridized carbons (Fsp3) is 0.259. The molecule has 4 aromatic heterocycles. The zero-order chi connectivity index (χ0) is 26.7. The molecule has 0 bridgehead atoms. The van der Waals surface area contributed by atoms with Gasteiger partial charge in [-0.25, -0.2) is 13.3 Å². The minimum atomic E-state index is -2.79. The minimum absolute atomic E-state index is 0.361. The molecule has 5 aromatic rings. The van der Waals surface area contributed by atoms with Crippen LogP contribution in [0.4, 0.5) is 26.2 Å². The molecule has 1 amide bonds. The predicted molar refractivity (Wildman–Crippen MR) is 141 cm³/mol. The van der Waals surface area contributed by atoms with E-state index in [1.165, 1.54) is 4.90 Å². The number of aromatic amines is 1. The second kappa shape index (κ2) is 8.65. The highest BCUT2D eigenvalue weighted by Gasteiger charge is 2.47. The van der Waals surface area contributed by atoms with Crippen LogP contribution in [-0.4, -0.2) is 65.7 Å². The second-order valence-electron chi connectivity index (χ2n) is 10.0. The summed E-state index contributed by atoms with van der Waals surface area (Å²) in [5, 5.41) is 15.0. The van der Waals surface area contributed by atoms with E-state index in [2.05, 4.69) is 20.4 Å². The van der Waals surface area contributed by atoms with E-state index in [0.29, 0.717) is 37.0 Å². The first-order chi connectivity index (χ1) is 18.8. The first kappa shape index (κ1) is 23.4. The van der Waals surface area contributed by atoms with Gasteiger partial charge in [0.05, 0.1) is 25.8 Å². The maximum Gasteiger partial charge on any atom is 0.282 e. The first-order valence-corrected chi connectivity index (χ1v) is 12.7. The van der Waals surface area contributed by atoms with Crippen LogP contribution in [-0.2, 0) is 20.0 Å². The van der Waals surface area contributed by atoms with Crippen LogP contribution in [0.25, 0.3) is 16.6 Å². The van der Waals surface area contributed by atoms with Gasteiger partial charge in [0.2, 0.25) is 5.95 Å². The Balaban J connectivity index is 1.15. The number of benzene rings is 1. The molecule has 2 N–H and O–H groups in total. The van der Waals surface area contributed by atoms with Crippen molar-refractivity contribution in [3.63, 3.8) is 0 Å². The van der Waals surface area contributed by atoms with Crippen molar-refractivity contribution in [1.29, 1.82) is 0 Å². The summed E-state index contributed by atoms with van der Waals surface area (Å²) in [6.07, 6.45) is 6.20. The molecular formula is C27H25F2N9O. The van der Waals surface area contributed by atoms with Gasteiger partial charge in [-0.1, -0.05) is 12.1 Å². The van der Waals surface area contributed by atoms with Crippen LogP contribution in [0.3, 0.4) is 0 Å². The SMILES string of the molecule is Cn1c(C(=O)N2CC(F)(F)C2)cc2c1CN(c1nc(Nc3ccc(-c4cn[nH]c4)cc3)c3cccn3n1)CC2. The largest absolute Gasteiger partial charge is 0.342 e. The van der Waals surface area contributed by atoms with Crippen LogP contribution in [0.1, 0.15) is 21.7 Å². The Bertz CT molecular complexity index is 1680. The zero-order valence-electron chi connectivity index (χ0n) is 21.1. The lowest BCUT2D eigenvalue weighted by molar-refractivity contribution is -0.113. The molecule has 2 aliphatic heterocycles. The van der Waals surface area contributed by atoms with Crippen LogP contribution in [0, 0.1) is 0 Å². The van der Waals surface area contributed by atoms with E-state index in [0.717, 1.165) is 33.6 Å². The monoisotopic (exact) mass is 529 g/mol. The minimum Gasteiger partial charge on any atom is -0.342 e. The number of H-pyrrole nitrogens is 1. The smallest absolute Gasteiger partial charge is 0.282 e. The normalized spacial score (nSPS) is 16.3. The van der Waals surface area contributed by atoms with Gasteiger partial charge in [0.1, 0.15) is 11.2 Å². The van der Waals surface area contributed by atoms with Crippen molar-refractivity contribution < 1.29 is 13.6 Å². The maximum atomic E-state index is 13.3. The summed E-state index contributed by atoms with van der Waals surface area (Å²) >= 11 is 0. The van der Waals surface area contributed by atoms with Crippen molar-refractivity contribution in [2.45, 2.75) is 18.9 Å². The van der Waals surface area contributed by atoms with Crippen LogP contribution in [0.5, 0.6) is 0 Å². The van der Waals surface area contributed by atoms with Gasteiger partial charge in [-0.3, -0.25) is 9.89 Å². The number of aromatic nitrogens is 6. The molecule has 1 fully saturated rings. The molecule has 0 radical (unpaired) electrons. The average Bonchev–Trinajstić information content (AvgIpc) is 3.68. The number of nitrogens with zero attached hydrogens (tertiary/aromatic N) is 7. The highest BCUT2D eigenvalue weighted by molar-refractivity contribution is 5.94. The fourth-order valence-corrected chi connectivity index (χ4v) is 5.28. The van der Waals surface area contributed by atoms with Crippen molar-refractivity contribution in [2.24, 2.45) is 7.05 Å². The Morgan fingerprint density at radius 3 is 2.69 bits per heavy atom. The molecule has 0 spiro atoms. The second-order valence-corrected chi connectivity index (χ2v) is 10.0. The number of rotatable bonds is 5. The van der Waals surface area contributed by atoms with Crippen LogP contribution < -0.4 is 10.2 Å². The van der Waals surface area contributed by atoms with E-state index in [9.17, 15) is 13.6 Å². The molecule has 39 heavy (non-hydrogen) atoms. The Morgan fingerprint density at radius 2 is 1.95 bits per heavy atom. The topological polar surface area (TPSA) is 99.4 Å². The summed E-state index contributed by atoms with van der Waals surface area (Å²) in [5.74, 6) is -1.93. The molecule has 0 aliphatic carbocycles. The first-order valence-electron chi connectivity index (χ1n) is 12.7. The lowest BCUT2D eigenvalue weighted by Crippen LogP contribution is -2.58. The summed E-state index contributed by atoms with van der Waals surface area (Å²) in [6.45, 7) is 0.111. The number of alkyl halides is 2. The third kappa shape index (κ3) is 4.08. The van der Waals surface area contributed by atoms with Gasteiger partial charge in [-0.2, -0.15) is 10.1 Å². The average molecular weight is 530 g/mol. The lowest BCUT2D eigenvalue weighted by Gasteiger charge is -2.38. The Morgan fingerprint density at radius 1 is 1.13 bits per heavy atom. The van der Waals surface area contributed by atoms with Gasteiger partial charge < -0.3 is 19.7 Å². The maximum absolute atomic E-state index is 13.3. The number of hydrogen-bond acceptors (Lipinski definition) is 6. The molecule has 1 aromatic carbocycles. The summed E-state index contributed by atoms with van der Waals surface area (Å²) in [7, 11) is 1.81. The highest BCUT2D eigenvalue weighted by Crippen LogP contribution is 2.31. The molecule has 10 nitrogen and oxygen atoms in total. The van der Waals surface area contributed by atoms with Crippen LogP contribution in [0.15, 0.2) is 61.1 Å². The third-order valence-electron chi connectivity index (χ3n) is 7.43. The summed E-state index contributed by atoms with van der Waals surface area (Å²) in [5.41, 5.74) is 6.22. The Hall–Kier alpha value is -4.74. The van der Waals surface area contributed by atoms with Gasteiger partial charge in [-0.05, 0) is 47.9 Å². The van der Waals surface area contributed by atoms with E-state index in [1.807, 2.05) is 66.5 Å². The lowest BCUT2D eigenvalue weighted by atomic mass is 10.1. The summed E-state index contributed by atoms with van der Waals surface area (Å²) in [4.78, 5) is 21.0.